The highest BCUT2D eigenvalue weighted by atomic mass is 16.5. The molecule has 0 heterocycles. The van der Waals surface area contributed by atoms with Crippen molar-refractivity contribution in [3.8, 4) is 0 Å². The first-order chi connectivity index (χ1) is 8.02. The zero-order valence-electron chi connectivity index (χ0n) is 12.0. The van der Waals surface area contributed by atoms with Crippen LogP contribution in [0.5, 0.6) is 0 Å². The molecule has 102 valence electrons. The topological polar surface area (TPSA) is 41.6 Å². The summed E-state index contributed by atoms with van der Waals surface area (Å²) >= 11 is 0. The third-order valence-electron chi connectivity index (χ3n) is 3.12. The van der Waals surface area contributed by atoms with Crippen molar-refractivity contribution in [2.24, 2.45) is 5.92 Å². The number of carbonyl (C=O) groups excluding carboxylic acids is 1. The fourth-order valence-corrected chi connectivity index (χ4v) is 1.47. The minimum atomic E-state index is -0.115. The van der Waals surface area contributed by atoms with E-state index >= 15 is 0 Å². The van der Waals surface area contributed by atoms with E-state index in [4.69, 9.17) is 4.74 Å². The van der Waals surface area contributed by atoms with E-state index in [1.807, 2.05) is 13.8 Å². The summed E-state index contributed by atoms with van der Waals surface area (Å²) in [5.74, 6) is -0.181. The number of hydrogen-bond acceptors (Lipinski definition) is 4. The number of carbonyl (C=O) groups is 1. The molecule has 0 aromatic carbocycles. The molecule has 0 aliphatic carbocycles. The molecule has 4 nitrogen and oxygen atoms in total. The number of esters is 1. The maximum atomic E-state index is 11.4. The molecule has 0 amide bonds. The van der Waals surface area contributed by atoms with Crippen molar-refractivity contribution in [1.29, 1.82) is 0 Å². The molecule has 0 saturated carbocycles. The standard InChI is InChI=1S/C13H28N2O2/c1-6-12(4)15(5)9-8-14-10-11(3)13(16)17-7-2/h11-12,14H,6-10H2,1-5H3. The first kappa shape index (κ1) is 16.4. The molecule has 2 atom stereocenters. The molecule has 0 spiro atoms. The quantitative estimate of drug-likeness (QED) is 0.493. The van der Waals surface area contributed by atoms with Gasteiger partial charge in [0.05, 0.1) is 12.5 Å². The highest BCUT2D eigenvalue weighted by molar-refractivity contribution is 5.72. The van der Waals surface area contributed by atoms with E-state index in [-0.39, 0.29) is 11.9 Å². The lowest BCUT2D eigenvalue weighted by Crippen LogP contribution is -2.37. The number of likely N-dealkylation sites (N-methyl/N-ethyl adjacent to an activating group) is 1. The van der Waals surface area contributed by atoms with Crippen LogP contribution in [-0.4, -0.2) is 50.2 Å². The van der Waals surface area contributed by atoms with E-state index in [1.54, 1.807) is 0 Å². The molecule has 2 unspecified atom stereocenters. The van der Waals surface area contributed by atoms with E-state index in [0.29, 0.717) is 19.2 Å². The normalized spacial score (nSPS) is 14.7. The van der Waals surface area contributed by atoms with E-state index in [2.05, 4.69) is 31.1 Å². The van der Waals surface area contributed by atoms with Gasteiger partial charge in [-0.2, -0.15) is 0 Å². The number of hydrogen-bond donors (Lipinski definition) is 1. The molecule has 0 aromatic rings. The average Bonchev–Trinajstić information content (AvgIpc) is 2.33. The van der Waals surface area contributed by atoms with Gasteiger partial charge in [0, 0.05) is 25.7 Å². The van der Waals surface area contributed by atoms with Gasteiger partial charge in [-0.1, -0.05) is 13.8 Å². The van der Waals surface area contributed by atoms with Gasteiger partial charge in [-0.25, -0.2) is 0 Å². The highest BCUT2D eigenvalue weighted by Crippen LogP contribution is 1.99. The third kappa shape index (κ3) is 7.34. The van der Waals surface area contributed by atoms with Crippen LogP contribution in [0.4, 0.5) is 0 Å². The monoisotopic (exact) mass is 244 g/mol. The lowest BCUT2D eigenvalue weighted by molar-refractivity contribution is -0.147. The fraction of sp³-hybridized carbons (Fsp3) is 0.923. The Bertz CT molecular complexity index is 210. The fourth-order valence-electron chi connectivity index (χ4n) is 1.47. The van der Waals surface area contributed by atoms with Gasteiger partial charge in [0.25, 0.3) is 0 Å². The first-order valence-corrected chi connectivity index (χ1v) is 6.60. The molecule has 0 aliphatic rings. The van der Waals surface area contributed by atoms with Crippen molar-refractivity contribution >= 4 is 5.97 Å². The van der Waals surface area contributed by atoms with Gasteiger partial charge >= 0.3 is 5.97 Å². The maximum absolute atomic E-state index is 11.4. The van der Waals surface area contributed by atoms with E-state index in [1.165, 1.54) is 0 Å². The molecule has 0 rings (SSSR count). The molecule has 1 N–H and O–H groups in total. The van der Waals surface area contributed by atoms with Crippen LogP contribution in [-0.2, 0) is 9.53 Å². The summed E-state index contributed by atoms with van der Waals surface area (Å²) in [6.45, 7) is 11.2. The van der Waals surface area contributed by atoms with Crippen LogP contribution in [0.25, 0.3) is 0 Å². The second-order valence-corrected chi connectivity index (χ2v) is 4.60. The summed E-state index contributed by atoms with van der Waals surface area (Å²) in [4.78, 5) is 13.7. The van der Waals surface area contributed by atoms with Gasteiger partial charge < -0.3 is 15.0 Å². The minimum Gasteiger partial charge on any atom is -0.466 e. The van der Waals surface area contributed by atoms with E-state index in [0.717, 1.165) is 19.5 Å². The molecule has 0 radical (unpaired) electrons. The Hall–Kier alpha value is -0.610. The second-order valence-electron chi connectivity index (χ2n) is 4.60. The molecule has 0 aromatic heterocycles. The molecular weight excluding hydrogens is 216 g/mol. The zero-order chi connectivity index (χ0) is 13.3. The highest BCUT2D eigenvalue weighted by Gasteiger charge is 2.13. The van der Waals surface area contributed by atoms with Gasteiger partial charge in [-0.15, -0.1) is 0 Å². The Kier molecular flexibility index (Phi) is 9.09. The summed E-state index contributed by atoms with van der Waals surface area (Å²) in [5.41, 5.74) is 0. The Morgan fingerprint density at radius 3 is 2.53 bits per heavy atom. The van der Waals surface area contributed by atoms with Crippen LogP contribution in [0.3, 0.4) is 0 Å². The van der Waals surface area contributed by atoms with Crippen LogP contribution in [0, 0.1) is 5.92 Å². The van der Waals surface area contributed by atoms with Gasteiger partial charge in [-0.3, -0.25) is 4.79 Å². The van der Waals surface area contributed by atoms with E-state index in [9.17, 15) is 4.79 Å². The predicted molar refractivity (Wildman–Crippen MR) is 71.0 cm³/mol. The number of ether oxygens (including phenoxy) is 1. The summed E-state index contributed by atoms with van der Waals surface area (Å²) < 4.78 is 4.95. The summed E-state index contributed by atoms with van der Waals surface area (Å²) in [5, 5.41) is 3.29. The Labute approximate surface area is 106 Å². The first-order valence-electron chi connectivity index (χ1n) is 6.60. The van der Waals surface area contributed by atoms with Gasteiger partial charge in [-0.05, 0) is 27.3 Å². The smallest absolute Gasteiger partial charge is 0.309 e. The Morgan fingerprint density at radius 2 is 2.00 bits per heavy atom. The van der Waals surface area contributed by atoms with Crippen molar-refractivity contribution in [3.63, 3.8) is 0 Å². The van der Waals surface area contributed by atoms with Crippen molar-refractivity contribution in [3.05, 3.63) is 0 Å². The predicted octanol–water partition coefficient (Wildman–Crippen LogP) is 1.51. The number of rotatable bonds is 9. The van der Waals surface area contributed by atoms with Crippen LogP contribution in [0.1, 0.15) is 34.1 Å². The van der Waals surface area contributed by atoms with Crippen molar-refractivity contribution < 1.29 is 9.53 Å². The average molecular weight is 244 g/mol. The molecule has 0 fully saturated rings. The van der Waals surface area contributed by atoms with Crippen LogP contribution < -0.4 is 5.32 Å². The van der Waals surface area contributed by atoms with Crippen molar-refractivity contribution in [1.82, 2.24) is 10.2 Å². The molecular formula is C13H28N2O2. The Balaban J connectivity index is 3.60. The third-order valence-corrected chi connectivity index (χ3v) is 3.12. The molecule has 0 bridgehead atoms. The van der Waals surface area contributed by atoms with Crippen molar-refractivity contribution in [2.45, 2.75) is 40.2 Å². The number of nitrogens with one attached hydrogen (secondary N) is 1. The van der Waals surface area contributed by atoms with Crippen LogP contribution in [0.15, 0.2) is 0 Å². The maximum Gasteiger partial charge on any atom is 0.309 e. The van der Waals surface area contributed by atoms with E-state index < -0.39 is 0 Å². The second kappa shape index (κ2) is 9.42. The minimum absolute atomic E-state index is 0.0659. The lowest BCUT2D eigenvalue weighted by Gasteiger charge is -2.23. The molecule has 17 heavy (non-hydrogen) atoms. The van der Waals surface area contributed by atoms with Gasteiger partial charge in [0.1, 0.15) is 0 Å². The SMILES string of the molecule is CCOC(=O)C(C)CNCCN(C)C(C)CC. The van der Waals surface area contributed by atoms with Crippen molar-refractivity contribution in [2.75, 3.05) is 33.3 Å². The molecule has 0 aliphatic heterocycles. The number of nitrogens with zero attached hydrogens (tertiary/aromatic N) is 1. The lowest BCUT2D eigenvalue weighted by atomic mass is 10.2. The molecule has 0 saturated heterocycles. The summed E-state index contributed by atoms with van der Waals surface area (Å²) in [7, 11) is 2.13. The largest absolute Gasteiger partial charge is 0.466 e. The van der Waals surface area contributed by atoms with Crippen LogP contribution >= 0.6 is 0 Å². The van der Waals surface area contributed by atoms with Gasteiger partial charge in [0.2, 0.25) is 0 Å². The summed E-state index contributed by atoms with van der Waals surface area (Å²) in [6.07, 6.45) is 1.16. The molecule has 4 heteroatoms. The van der Waals surface area contributed by atoms with Crippen LogP contribution in [0.2, 0.25) is 0 Å². The zero-order valence-corrected chi connectivity index (χ0v) is 12.0. The van der Waals surface area contributed by atoms with Gasteiger partial charge in [0.15, 0.2) is 0 Å². The Morgan fingerprint density at radius 1 is 1.35 bits per heavy atom. The summed E-state index contributed by atoms with van der Waals surface area (Å²) in [6, 6.07) is 0.610.